The topological polar surface area (TPSA) is 115 Å². The van der Waals surface area contributed by atoms with Crippen LogP contribution in [0.4, 0.5) is 11.4 Å². The molecular weight excluding hydrogens is 369 g/mol. The van der Waals surface area contributed by atoms with Gasteiger partial charge in [-0.1, -0.05) is 36.4 Å². The molecule has 0 amide bonds. The van der Waals surface area contributed by atoms with Crippen LogP contribution < -0.4 is 4.90 Å². The maximum absolute atomic E-state index is 12.0. The summed E-state index contributed by atoms with van der Waals surface area (Å²) < 4.78 is 12.0. The number of carbonyl (C=O) groups is 2. The Kier molecular flexibility index (Phi) is 7.46. The Morgan fingerprint density at radius 2 is 1.41 bits per heavy atom. The first-order chi connectivity index (χ1) is 12.9. The Labute approximate surface area is 157 Å². The van der Waals surface area contributed by atoms with Crippen LogP contribution >= 0.6 is 8.03 Å². The Balaban J connectivity index is 2.37. The molecule has 8 heteroatoms. The molecule has 0 aliphatic rings. The summed E-state index contributed by atoms with van der Waals surface area (Å²) in [6, 6.07) is 18.2. The highest BCUT2D eigenvalue weighted by Crippen LogP contribution is 2.36. The number of carboxylic acid groups (broad SMARTS) is 2. The van der Waals surface area contributed by atoms with E-state index in [1.807, 2.05) is 60.7 Å². The van der Waals surface area contributed by atoms with Crippen LogP contribution in [0.25, 0.3) is 0 Å². The van der Waals surface area contributed by atoms with E-state index in [9.17, 15) is 24.2 Å². The van der Waals surface area contributed by atoms with Gasteiger partial charge in [-0.15, -0.1) is 0 Å². The predicted molar refractivity (Wildman–Crippen MR) is 101 cm³/mol. The quantitative estimate of drug-likeness (QED) is 0.532. The zero-order valence-electron chi connectivity index (χ0n) is 14.5. The van der Waals surface area contributed by atoms with Gasteiger partial charge in [0.25, 0.3) is 0 Å². The first-order valence-corrected chi connectivity index (χ1v) is 9.65. The minimum atomic E-state index is -2.85. The van der Waals surface area contributed by atoms with Gasteiger partial charge in [0.1, 0.15) is 5.92 Å². The number of carboxylic acids is 2. The van der Waals surface area contributed by atoms with Gasteiger partial charge in [0.15, 0.2) is 0 Å². The van der Waals surface area contributed by atoms with Crippen molar-refractivity contribution in [3.05, 3.63) is 60.7 Å². The van der Waals surface area contributed by atoms with Gasteiger partial charge in [-0.3, -0.25) is 9.59 Å². The lowest BCUT2D eigenvalue weighted by molar-refractivity contribution is -0.143. The van der Waals surface area contributed by atoms with E-state index in [1.54, 1.807) is 4.90 Å². The Morgan fingerprint density at radius 3 is 1.78 bits per heavy atom. The molecule has 0 aliphatic heterocycles. The molecule has 3 N–H and O–H groups in total. The summed E-state index contributed by atoms with van der Waals surface area (Å²) in [4.78, 5) is 34.1. The van der Waals surface area contributed by atoms with Crippen molar-refractivity contribution >= 4 is 31.3 Å². The highest BCUT2D eigenvalue weighted by Gasteiger charge is 2.43. The van der Waals surface area contributed by atoms with Crippen molar-refractivity contribution in [2.75, 3.05) is 11.4 Å². The van der Waals surface area contributed by atoms with Crippen molar-refractivity contribution in [3.8, 4) is 0 Å². The molecule has 2 aromatic rings. The van der Waals surface area contributed by atoms with Gasteiger partial charge in [-0.2, -0.15) is 4.89 Å². The standard InChI is InChI=1S/C19H20NO6P/c21-18(22)12-11-16(19(23)24)17(27(25)26)13-20(14-7-3-1-4-8-14)15-9-5-2-6-10-15/h1-10,16-17H,11-13H2,(H2-,21,22,23,24,25,26)/p+1. The fraction of sp³-hybridized carbons (Fsp3) is 0.263. The van der Waals surface area contributed by atoms with Crippen molar-refractivity contribution in [2.24, 2.45) is 5.92 Å². The zero-order valence-corrected chi connectivity index (χ0v) is 15.4. The van der Waals surface area contributed by atoms with E-state index in [-0.39, 0.29) is 19.4 Å². The summed E-state index contributed by atoms with van der Waals surface area (Å²) in [6.45, 7) is -0.0314. The first kappa shape index (κ1) is 20.6. The van der Waals surface area contributed by atoms with Crippen LogP contribution in [-0.4, -0.2) is 39.2 Å². The molecule has 0 heterocycles. The van der Waals surface area contributed by atoms with Crippen molar-refractivity contribution in [2.45, 2.75) is 18.5 Å². The van der Waals surface area contributed by atoms with E-state index >= 15 is 0 Å². The van der Waals surface area contributed by atoms with Gasteiger partial charge in [0, 0.05) is 17.8 Å². The molecule has 3 unspecified atom stereocenters. The second kappa shape index (κ2) is 9.80. The van der Waals surface area contributed by atoms with Crippen molar-refractivity contribution in [1.29, 1.82) is 0 Å². The first-order valence-electron chi connectivity index (χ1n) is 8.37. The average Bonchev–Trinajstić information content (AvgIpc) is 2.65. The molecule has 0 aromatic heterocycles. The lowest BCUT2D eigenvalue weighted by atomic mass is 9.98. The summed E-state index contributed by atoms with van der Waals surface area (Å²) >= 11 is 0. The summed E-state index contributed by atoms with van der Waals surface area (Å²) in [5.41, 5.74) is 0.359. The fourth-order valence-electron chi connectivity index (χ4n) is 2.87. The van der Waals surface area contributed by atoms with E-state index in [0.29, 0.717) is 0 Å². The van der Waals surface area contributed by atoms with E-state index in [2.05, 4.69) is 0 Å². The molecule has 0 radical (unpaired) electrons. The van der Waals surface area contributed by atoms with Gasteiger partial charge in [-0.05, 0) is 35.3 Å². The molecule has 0 saturated carbocycles. The van der Waals surface area contributed by atoms with Gasteiger partial charge < -0.3 is 15.1 Å². The predicted octanol–water partition coefficient (Wildman–Crippen LogP) is 3.49. The molecule has 3 atom stereocenters. The third-order valence-corrected chi connectivity index (χ3v) is 5.33. The fourth-order valence-corrected chi connectivity index (χ4v) is 3.76. The van der Waals surface area contributed by atoms with Gasteiger partial charge >= 0.3 is 20.0 Å². The summed E-state index contributed by atoms with van der Waals surface area (Å²) in [6.07, 6.45) is -0.596. The Hall–Kier alpha value is -2.76. The molecule has 0 fully saturated rings. The number of anilines is 2. The smallest absolute Gasteiger partial charge is 0.481 e. The molecule has 2 aromatic carbocycles. The molecular formula is C19H21NO6P+. The van der Waals surface area contributed by atoms with Crippen LogP contribution in [0.1, 0.15) is 12.8 Å². The Morgan fingerprint density at radius 1 is 0.926 bits per heavy atom. The highest BCUT2D eigenvalue weighted by atomic mass is 31.1. The SMILES string of the molecule is O=C(O)CCC(C(=O)O)C(CN(c1ccccc1)c1ccccc1)[P+](=O)O. The van der Waals surface area contributed by atoms with E-state index in [0.717, 1.165) is 11.4 Å². The molecule has 27 heavy (non-hydrogen) atoms. The monoisotopic (exact) mass is 390 g/mol. The number of hydrogen-bond donors (Lipinski definition) is 3. The second-order valence-corrected chi connectivity index (χ2v) is 7.30. The largest absolute Gasteiger partial charge is 0.511 e. The molecule has 0 saturated heterocycles. The average molecular weight is 390 g/mol. The number of benzene rings is 2. The van der Waals surface area contributed by atoms with E-state index in [4.69, 9.17) is 5.11 Å². The maximum atomic E-state index is 12.0. The highest BCUT2D eigenvalue weighted by molar-refractivity contribution is 7.39. The molecule has 0 spiro atoms. The lowest BCUT2D eigenvalue weighted by Crippen LogP contribution is -2.36. The summed E-state index contributed by atoms with van der Waals surface area (Å²) in [5, 5.41) is 18.4. The normalized spacial score (nSPS) is 13.4. The number of aliphatic carboxylic acids is 2. The number of para-hydroxylation sites is 2. The van der Waals surface area contributed by atoms with Crippen LogP contribution in [0.15, 0.2) is 60.7 Å². The third-order valence-electron chi connectivity index (χ3n) is 4.24. The van der Waals surface area contributed by atoms with Crippen LogP contribution in [0.3, 0.4) is 0 Å². The van der Waals surface area contributed by atoms with Crippen molar-refractivity contribution in [1.82, 2.24) is 0 Å². The molecule has 0 bridgehead atoms. The van der Waals surface area contributed by atoms with Crippen LogP contribution in [-0.2, 0) is 14.2 Å². The van der Waals surface area contributed by atoms with Crippen LogP contribution in [0.5, 0.6) is 0 Å². The van der Waals surface area contributed by atoms with Crippen LogP contribution in [0.2, 0.25) is 0 Å². The lowest BCUT2D eigenvalue weighted by Gasteiger charge is -2.27. The minimum Gasteiger partial charge on any atom is -0.481 e. The van der Waals surface area contributed by atoms with Crippen molar-refractivity contribution in [3.63, 3.8) is 0 Å². The summed E-state index contributed by atoms with van der Waals surface area (Å²) in [7, 11) is -2.85. The number of nitrogens with zero attached hydrogens (tertiary/aromatic N) is 1. The third kappa shape index (κ3) is 5.88. The molecule has 0 aliphatic carbocycles. The van der Waals surface area contributed by atoms with E-state index in [1.165, 1.54) is 0 Å². The van der Waals surface area contributed by atoms with Gasteiger partial charge in [0.2, 0.25) is 5.66 Å². The maximum Gasteiger partial charge on any atom is 0.511 e. The molecule has 142 valence electrons. The second-order valence-electron chi connectivity index (χ2n) is 6.03. The number of rotatable bonds is 10. The van der Waals surface area contributed by atoms with Gasteiger partial charge in [-0.25, -0.2) is 0 Å². The Bertz CT molecular complexity index is 744. The zero-order chi connectivity index (χ0) is 19.8. The summed E-state index contributed by atoms with van der Waals surface area (Å²) in [5.74, 6) is -3.67. The minimum absolute atomic E-state index is 0.0314. The molecule has 2 rings (SSSR count). The van der Waals surface area contributed by atoms with E-state index < -0.39 is 31.5 Å². The van der Waals surface area contributed by atoms with Crippen LogP contribution in [0, 0.1) is 5.92 Å². The molecule has 7 nitrogen and oxygen atoms in total. The van der Waals surface area contributed by atoms with Crippen molar-refractivity contribution < 1.29 is 29.3 Å². The number of hydrogen-bond acceptors (Lipinski definition) is 4. The van der Waals surface area contributed by atoms with Gasteiger partial charge in [0.05, 0.1) is 6.54 Å².